The van der Waals surface area contributed by atoms with E-state index in [0.717, 1.165) is 62.7 Å². The van der Waals surface area contributed by atoms with Crippen molar-refractivity contribution in [2.75, 3.05) is 0 Å². The Morgan fingerprint density at radius 3 is 2.35 bits per heavy atom. The highest BCUT2D eigenvalue weighted by Crippen LogP contribution is 2.55. The topological polar surface area (TPSA) is 124 Å². The Kier molecular flexibility index (Phi) is 6.21. The number of benzene rings is 1. The highest BCUT2D eigenvalue weighted by atomic mass is 35.5. The number of carboxylic acids is 1. The SMILES string of the molecule is O=C(O)c1ccc(-c2noc(C34CCC(OCc5c(-c6c(Cl)cccc6Cl)noc5C5CC5)(CC3)CC4)n2)nc1. The molecule has 4 saturated carbocycles. The predicted octanol–water partition coefficient (Wildman–Crippen LogP) is 7.23. The van der Waals surface area contributed by atoms with Gasteiger partial charge < -0.3 is 18.9 Å². The molecule has 8 rings (SSSR count). The molecule has 40 heavy (non-hydrogen) atoms. The Hall–Kier alpha value is -3.27. The fourth-order valence-corrected chi connectivity index (χ4v) is 6.73. The fourth-order valence-electron chi connectivity index (χ4n) is 6.16. The predicted molar refractivity (Wildman–Crippen MR) is 145 cm³/mol. The number of aromatic carboxylic acids is 1. The second-order valence-corrected chi connectivity index (χ2v) is 12.0. The summed E-state index contributed by atoms with van der Waals surface area (Å²) in [5.41, 5.74) is 2.45. The van der Waals surface area contributed by atoms with E-state index in [0.29, 0.717) is 51.2 Å². The zero-order valence-corrected chi connectivity index (χ0v) is 23.0. The van der Waals surface area contributed by atoms with Crippen LogP contribution in [0.25, 0.3) is 22.8 Å². The molecule has 4 aromatic rings. The van der Waals surface area contributed by atoms with Crippen LogP contribution >= 0.6 is 23.2 Å². The standard InChI is InChI=1S/C29H26Cl2N4O5/c30-19-2-1-3-20(31)22(19)23-18(24(39-34-23)16-4-5-16)15-38-29-11-8-28(9-12-29,10-13-29)27-33-25(35-40-27)21-7-6-17(14-32-21)26(36)37/h1-3,6-7,14,16H,4-5,8-13,15H2,(H,36,37). The number of carbonyl (C=O) groups is 1. The fraction of sp³-hybridized carbons (Fsp3) is 0.414. The van der Waals surface area contributed by atoms with Crippen molar-refractivity contribution in [3.05, 3.63) is 69.4 Å². The van der Waals surface area contributed by atoms with Crippen molar-refractivity contribution in [1.82, 2.24) is 20.3 Å². The summed E-state index contributed by atoms with van der Waals surface area (Å²) in [6.07, 6.45) is 8.72. The van der Waals surface area contributed by atoms with Gasteiger partial charge in [0.1, 0.15) is 17.1 Å². The van der Waals surface area contributed by atoms with E-state index < -0.39 is 5.97 Å². The van der Waals surface area contributed by atoms with Crippen LogP contribution < -0.4 is 0 Å². The van der Waals surface area contributed by atoms with E-state index in [1.165, 1.54) is 12.3 Å². The molecule has 4 fully saturated rings. The van der Waals surface area contributed by atoms with Crippen LogP contribution in [0, 0.1) is 0 Å². The number of pyridine rings is 1. The number of carboxylic acid groups (broad SMARTS) is 1. The van der Waals surface area contributed by atoms with Crippen LogP contribution in [0.3, 0.4) is 0 Å². The van der Waals surface area contributed by atoms with Gasteiger partial charge in [-0.25, -0.2) is 4.79 Å². The van der Waals surface area contributed by atoms with E-state index in [1.54, 1.807) is 6.07 Å². The van der Waals surface area contributed by atoms with E-state index in [9.17, 15) is 4.79 Å². The number of rotatable bonds is 8. The van der Waals surface area contributed by atoms with E-state index >= 15 is 0 Å². The molecule has 1 aromatic carbocycles. The van der Waals surface area contributed by atoms with E-state index in [-0.39, 0.29) is 16.6 Å². The molecule has 0 spiro atoms. The van der Waals surface area contributed by atoms with Gasteiger partial charge in [-0.2, -0.15) is 4.98 Å². The lowest BCUT2D eigenvalue weighted by Crippen LogP contribution is -2.49. The van der Waals surface area contributed by atoms with Gasteiger partial charge in [-0.3, -0.25) is 4.98 Å². The molecular formula is C29H26Cl2N4O5. The molecular weight excluding hydrogens is 555 g/mol. The van der Waals surface area contributed by atoms with Gasteiger partial charge in [0.05, 0.1) is 33.2 Å². The maximum Gasteiger partial charge on any atom is 0.337 e. The Morgan fingerprint density at radius 2 is 1.73 bits per heavy atom. The summed E-state index contributed by atoms with van der Waals surface area (Å²) < 4.78 is 18.3. The summed E-state index contributed by atoms with van der Waals surface area (Å²) >= 11 is 13.1. The molecule has 2 bridgehead atoms. The normalized spacial score (nSPS) is 23.9. The first kappa shape index (κ1) is 25.7. The molecule has 11 heteroatoms. The Morgan fingerprint density at radius 1 is 1.00 bits per heavy atom. The minimum Gasteiger partial charge on any atom is -0.478 e. The zero-order chi connectivity index (χ0) is 27.5. The zero-order valence-electron chi connectivity index (χ0n) is 21.5. The van der Waals surface area contributed by atoms with Gasteiger partial charge in [0.25, 0.3) is 0 Å². The molecule has 4 aliphatic rings. The third-order valence-electron chi connectivity index (χ3n) is 8.79. The minimum atomic E-state index is -1.03. The van der Waals surface area contributed by atoms with Crippen molar-refractivity contribution in [1.29, 1.82) is 0 Å². The van der Waals surface area contributed by atoms with Crippen LogP contribution in [0.2, 0.25) is 10.0 Å². The number of fused-ring (bicyclic) bond motifs is 3. The highest BCUT2D eigenvalue weighted by molar-refractivity contribution is 6.39. The smallest absolute Gasteiger partial charge is 0.337 e. The van der Waals surface area contributed by atoms with Crippen molar-refractivity contribution in [2.45, 2.75) is 74.9 Å². The van der Waals surface area contributed by atoms with E-state index in [4.69, 9.17) is 42.1 Å². The molecule has 0 saturated heterocycles. The number of aromatic nitrogens is 4. The van der Waals surface area contributed by atoms with Gasteiger partial charge in [-0.15, -0.1) is 0 Å². The molecule has 9 nitrogen and oxygen atoms in total. The van der Waals surface area contributed by atoms with Crippen LogP contribution in [-0.2, 0) is 16.8 Å². The largest absolute Gasteiger partial charge is 0.478 e. The van der Waals surface area contributed by atoms with Crippen LogP contribution in [0.15, 0.2) is 45.6 Å². The summed E-state index contributed by atoms with van der Waals surface area (Å²) in [7, 11) is 0. The number of halogens is 2. The molecule has 4 aliphatic carbocycles. The average molecular weight is 581 g/mol. The van der Waals surface area contributed by atoms with Crippen molar-refractivity contribution >= 4 is 29.2 Å². The van der Waals surface area contributed by atoms with Crippen molar-refractivity contribution < 1.29 is 23.7 Å². The molecule has 3 aromatic heterocycles. The second kappa shape index (κ2) is 9.68. The average Bonchev–Trinajstić information content (AvgIpc) is 3.53. The third kappa shape index (κ3) is 4.40. The molecule has 0 atom stereocenters. The monoisotopic (exact) mass is 580 g/mol. The summed E-state index contributed by atoms with van der Waals surface area (Å²) in [5, 5.41) is 18.7. The molecule has 0 aliphatic heterocycles. The second-order valence-electron chi connectivity index (χ2n) is 11.2. The van der Waals surface area contributed by atoms with Gasteiger partial charge in [0.15, 0.2) is 0 Å². The number of hydrogen-bond acceptors (Lipinski definition) is 8. The molecule has 0 unspecified atom stereocenters. The summed E-state index contributed by atoms with van der Waals surface area (Å²) in [5.74, 6) is 1.20. The van der Waals surface area contributed by atoms with Gasteiger partial charge >= 0.3 is 5.97 Å². The maximum absolute atomic E-state index is 11.1. The van der Waals surface area contributed by atoms with E-state index in [1.807, 2.05) is 18.2 Å². The quantitative estimate of drug-likeness (QED) is 0.229. The van der Waals surface area contributed by atoms with Crippen molar-refractivity contribution in [3.8, 4) is 22.8 Å². The van der Waals surface area contributed by atoms with Crippen LogP contribution in [0.5, 0.6) is 0 Å². The summed E-state index contributed by atoms with van der Waals surface area (Å²) in [6, 6.07) is 8.52. The van der Waals surface area contributed by atoms with Gasteiger partial charge in [0, 0.05) is 23.2 Å². The van der Waals surface area contributed by atoms with Crippen LogP contribution in [0.1, 0.15) is 84.9 Å². The Bertz CT molecular complexity index is 1550. The summed E-state index contributed by atoms with van der Waals surface area (Å²) in [4.78, 5) is 20.0. The number of ether oxygens (including phenoxy) is 1. The summed E-state index contributed by atoms with van der Waals surface area (Å²) in [6.45, 7) is 0.391. The molecule has 0 amide bonds. The highest BCUT2D eigenvalue weighted by Gasteiger charge is 2.53. The molecule has 3 heterocycles. The molecule has 1 N–H and O–H groups in total. The first-order chi connectivity index (χ1) is 19.4. The number of hydrogen-bond donors (Lipinski definition) is 1. The van der Waals surface area contributed by atoms with Gasteiger partial charge in [-0.1, -0.05) is 39.6 Å². The van der Waals surface area contributed by atoms with Crippen molar-refractivity contribution in [3.63, 3.8) is 0 Å². The van der Waals surface area contributed by atoms with Crippen molar-refractivity contribution in [2.24, 2.45) is 0 Å². The lowest BCUT2D eigenvalue weighted by atomic mass is 9.58. The Labute approximate surface area is 239 Å². The number of nitrogens with zero attached hydrogens (tertiary/aromatic N) is 4. The lowest BCUT2D eigenvalue weighted by Gasteiger charge is -2.51. The van der Waals surface area contributed by atoms with Gasteiger partial charge in [-0.05, 0) is 75.6 Å². The van der Waals surface area contributed by atoms with Crippen LogP contribution in [0.4, 0.5) is 0 Å². The first-order valence-electron chi connectivity index (χ1n) is 13.5. The van der Waals surface area contributed by atoms with Gasteiger partial charge in [0.2, 0.25) is 11.7 Å². The molecule has 0 radical (unpaired) electrons. The lowest BCUT2D eigenvalue weighted by molar-refractivity contribution is -0.130. The van der Waals surface area contributed by atoms with Crippen LogP contribution in [-0.4, -0.2) is 37.0 Å². The third-order valence-corrected chi connectivity index (χ3v) is 9.42. The Balaban J connectivity index is 1.08. The van der Waals surface area contributed by atoms with E-state index in [2.05, 4.69) is 20.3 Å². The minimum absolute atomic E-state index is 0.111. The maximum atomic E-state index is 11.1. The molecule has 206 valence electrons. The first-order valence-corrected chi connectivity index (χ1v) is 14.2.